The van der Waals surface area contributed by atoms with Gasteiger partial charge in [-0.05, 0) is 18.6 Å². The molecule has 18 heavy (non-hydrogen) atoms. The molecule has 0 fully saturated rings. The van der Waals surface area contributed by atoms with Gasteiger partial charge in [0.05, 0.1) is 24.6 Å². The third kappa shape index (κ3) is 4.69. The van der Waals surface area contributed by atoms with E-state index in [4.69, 9.17) is 21.3 Å². The Labute approximate surface area is 112 Å². The Bertz CT molecular complexity index is 479. The molecular formula is C11H15ClN2O3S. The van der Waals surface area contributed by atoms with Crippen LogP contribution in [0.1, 0.15) is 18.6 Å². The molecule has 0 amide bonds. The minimum atomic E-state index is -3.40. The average Bonchev–Trinajstić information content (AvgIpc) is 2.84. The zero-order chi connectivity index (χ0) is 13.4. The SMILES string of the molecule is N#CCCN(Cc1ccco1)S(=O)(=O)CCCCl. The van der Waals surface area contributed by atoms with Gasteiger partial charge in [-0.1, -0.05) is 0 Å². The Morgan fingerprint density at radius 3 is 2.83 bits per heavy atom. The molecule has 1 aromatic heterocycles. The highest BCUT2D eigenvalue weighted by Crippen LogP contribution is 2.12. The van der Waals surface area contributed by atoms with Crippen molar-refractivity contribution >= 4 is 21.6 Å². The highest BCUT2D eigenvalue weighted by molar-refractivity contribution is 7.89. The van der Waals surface area contributed by atoms with Crippen LogP contribution in [0, 0.1) is 11.3 Å². The number of nitrogens with zero attached hydrogens (tertiary/aromatic N) is 2. The van der Waals surface area contributed by atoms with Gasteiger partial charge in [0.25, 0.3) is 0 Å². The second-order valence-electron chi connectivity index (χ2n) is 3.68. The van der Waals surface area contributed by atoms with Crippen LogP contribution in [0.5, 0.6) is 0 Å². The van der Waals surface area contributed by atoms with Crippen LogP contribution in [0.3, 0.4) is 0 Å². The normalized spacial score (nSPS) is 11.6. The number of alkyl halides is 1. The number of hydrogen-bond acceptors (Lipinski definition) is 4. The van der Waals surface area contributed by atoms with E-state index in [9.17, 15) is 8.42 Å². The second-order valence-corrected chi connectivity index (χ2v) is 6.15. The lowest BCUT2D eigenvalue weighted by Gasteiger charge is -2.19. The maximum atomic E-state index is 12.0. The van der Waals surface area contributed by atoms with Gasteiger partial charge in [-0.2, -0.15) is 9.57 Å². The predicted molar refractivity (Wildman–Crippen MR) is 68.5 cm³/mol. The minimum Gasteiger partial charge on any atom is -0.468 e. The third-order valence-electron chi connectivity index (χ3n) is 2.31. The Balaban J connectivity index is 2.74. The quantitative estimate of drug-likeness (QED) is 0.686. The summed E-state index contributed by atoms with van der Waals surface area (Å²) in [5, 5.41) is 8.57. The van der Waals surface area contributed by atoms with E-state index in [-0.39, 0.29) is 25.3 Å². The molecule has 5 nitrogen and oxygen atoms in total. The fourth-order valence-corrected chi connectivity index (χ4v) is 3.19. The number of furan rings is 1. The van der Waals surface area contributed by atoms with E-state index < -0.39 is 10.0 Å². The molecule has 1 rings (SSSR count). The molecule has 0 aliphatic rings. The van der Waals surface area contributed by atoms with E-state index in [0.717, 1.165) is 0 Å². The summed E-state index contributed by atoms with van der Waals surface area (Å²) in [7, 11) is -3.40. The largest absolute Gasteiger partial charge is 0.468 e. The molecule has 0 atom stereocenters. The van der Waals surface area contributed by atoms with E-state index in [1.165, 1.54) is 10.6 Å². The van der Waals surface area contributed by atoms with Crippen molar-refractivity contribution in [1.82, 2.24) is 4.31 Å². The van der Waals surface area contributed by atoms with E-state index >= 15 is 0 Å². The summed E-state index contributed by atoms with van der Waals surface area (Å²) in [5.74, 6) is 0.844. The Morgan fingerprint density at radius 1 is 1.50 bits per heavy atom. The summed E-state index contributed by atoms with van der Waals surface area (Å²) in [6, 6.07) is 5.35. The van der Waals surface area contributed by atoms with Gasteiger partial charge in [0.1, 0.15) is 5.76 Å². The van der Waals surface area contributed by atoms with Crippen LogP contribution in [0.2, 0.25) is 0 Å². The van der Waals surface area contributed by atoms with Crippen LogP contribution in [0.25, 0.3) is 0 Å². The van der Waals surface area contributed by atoms with Crippen LogP contribution in [-0.2, 0) is 16.6 Å². The maximum absolute atomic E-state index is 12.0. The molecule has 0 unspecified atom stereocenters. The number of nitriles is 1. The van der Waals surface area contributed by atoms with Crippen molar-refractivity contribution in [2.45, 2.75) is 19.4 Å². The topological polar surface area (TPSA) is 74.3 Å². The first-order valence-corrected chi connectivity index (χ1v) is 7.67. The molecule has 1 heterocycles. The molecule has 0 radical (unpaired) electrons. The van der Waals surface area contributed by atoms with Crippen LogP contribution in [0.4, 0.5) is 0 Å². The lowest BCUT2D eigenvalue weighted by atomic mass is 10.4. The monoisotopic (exact) mass is 290 g/mol. The minimum absolute atomic E-state index is 0.0113. The zero-order valence-electron chi connectivity index (χ0n) is 9.88. The molecule has 0 bridgehead atoms. The average molecular weight is 291 g/mol. The van der Waals surface area contributed by atoms with Gasteiger partial charge < -0.3 is 4.42 Å². The lowest BCUT2D eigenvalue weighted by molar-refractivity contribution is 0.368. The zero-order valence-corrected chi connectivity index (χ0v) is 11.5. The van der Waals surface area contributed by atoms with Gasteiger partial charge in [0.2, 0.25) is 10.0 Å². The summed E-state index contributed by atoms with van der Waals surface area (Å²) in [6.45, 7) is 0.321. The molecule has 0 aliphatic carbocycles. The van der Waals surface area contributed by atoms with Crippen molar-refractivity contribution in [3.05, 3.63) is 24.2 Å². The second kappa shape index (κ2) is 7.41. The van der Waals surface area contributed by atoms with Gasteiger partial charge in [0.15, 0.2) is 0 Å². The highest BCUT2D eigenvalue weighted by atomic mass is 35.5. The fourth-order valence-electron chi connectivity index (χ4n) is 1.43. The Kier molecular flexibility index (Phi) is 6.19. The van der Waals surface area contributed by atoms with Crippen LogP contribution < -0.4 is 0 Å². The van der Waals surface area contributed by atoms with Crippen molar-refractivity contribution in [3.63, 3.8) is 0 Å². The van der Waals surface area contributed by atoms with Gasteiger partial charge >= 0.3 is 0 Å². The molecule has 0 saturated carbocycles. The summed E-state index contributed by atoms with van der Waals surface area (Å²) in [4.78, 5) is 0. The van der Waals surface area contributed by atoms with Crippen molar-refractivity contribution in [2.24, 2.45) is 0 Å². The number of halogens is 1. The van der Waals surface area contributed by atoms with Crippen molar-refractivity contribution < 1.29 is 12.8 Å². The van der Waals surface area contributed by atoms with Gasteiger partial charge in [-0.15, -0.1) is 11.6 Å². The number of rotatable bonds is 8. The molecule has 1 aromatic rings. The maximum Gasteiger partial charge on any atom is 0.214 e. The smallest absolute Gasteiger partial charge is 0.214 e. The van der Waals surface area contributed by atoms with Crippen molar-refractivity contribution in [2.75, 3.05) is 18.2 Å². The van der Waals surface area contributed by atoms with E-state index in [1.807, 2.05) is 6.07 Å². The lowest BCUT2D eigenvalue weighted by Crippen LogP contribution is -2.33. The summed E-state index contributed by atoms with van der Waals surface area (Å²) in [6.07, 6.45) is 2.04. The molecule has 0 N–H and O–H groups in total. The van der Waals surface area contributed by atoms with Gasteiger partial charge in [0, 0.05) is 18.8 Å². The first-order chi connectivity index (χ1) is 8.60. The summed E-state index contributed by atoms with van der Waals surface area (Å²) in [5.41, 5.74) is 0. The van der Waals surface area contributed by atoms with Crippen molar-refractivity contribution in [3.8, 4) is 6.07 Å². The number of sulfonamides is 1. The van der Waals surface area contributed by atoms with Crippen LogP contribution in [-0.4, -0.2) is 30.9 Å². The summed E-state index contributed by atoms with van der Waals surface area (Å²) >= 11 is 5.51. The number of hydrogen-bond donors (Lipinski definition) is 0. The van der Waals surface area contributed by atoms with Crippen LogP contribution >= 0.6 is 11.6 Å². The van der Waals surface area contributed by atoms with Crippen LogP contribution in [0.15, 0.2) is 22.8 Å². The Hall–Kier alpha value is -1.03. The predicted octanol–water partition coefficient (Wildman–Crippen LogP) is 1.95. The van der Waals surface area contributed by atoms with E-state index in [2.05, 4.69) is 0 Å². The van der Waals surface area contributed by atoms with Crippen molar-refractivity contribution in [1.29, 1.82) is 5.26 Å². The molecule has 0 spiro atoms. The highest BCUT2D eigenvalue weighted by Gasteiger charge is 2.22. The molecule has 0 aliphatic heterocycles. The van der Waals surface area contributed by atoms with E-state index in [1.54, 1.807) is 12.1 Å². The third-order valence-corrected chi connectivity index (χ3v) is 4.48. The molecule has 0 saturated heterocycles. The van der Waals surface area contributed by atoms with Gasteiger partial charge in [-0.25, -0.2) is 8.42 Å². The first-order valence-electron chi connectivity index (χ1n) is 5.53. The molecule has 100 valence electrons. The fraction of sp³-hybridized carbons (Fsp3) is 0.545. The Morgan fingerprint density at radius 2 is 2.28 bits per heavy atom. The molecule has 0 aromatic carbocycles. The first kappa shape index (κ1) is 15.0. The molecule has 7 heteroatoms. The molecular weight excluding hydrogens is 276 g/mol. The summed E-state index contributed by atoms with van der Waals surface area (Å²) < 4.78 is 30.5. The van der Waals surface area contributed by atoms with E-state index in [0.29, 0.717) is 18.1 Å². The van der Waals surface area contributed by atoms with Gasteiger partial charge in [-0.3, -0.25) is 0 Å². The standard InChI is InChI=1S/C11H15ClN2O3S/c12-5-2-9-18(15,16)14(7-3-6-13)10-11-4-1-8-17-11/h1,4,8H,2-3,5,7,9-10H2.